The van der Waals surface area contributed by atoms with E-state index in [1.54, 1.807) is 4.90 Å². The molecule has 1 aliphatic rings. The van der Waals surface area contributed by atoms with Crippen LogP contribution in [0.2, 0.25) is 0 Å². The van der Waals surface area contributed by atoms with Gasteiger partial charge in [0.2, 0.25) is 11.8 Å². The molecule has 0 spiro atoms. The molecule has 32 heavy (non-hydrogen) atoms. The summed E-state index contributed by atoms with van der Waals surface area (Å²) in [7, 11) is 0. The Labute approximate surface area is 185 Å². The Morgan fingerprint density at radius 2 is 1.72 bits per heavy atom. The summed E-state index contributed by atoms with van der Waals surface area (Å²) >= 11 is 0. The fourth-order valence-corrected chi connectivity index (χ4v) is 3.41. The van der Waals surface area contributed by atoms with Gasteiger partial charge >= 0.3 is 6.09 Å². The predicted molar refractivity (Wildman–Crippen MR) is 119 cm³/mol. The Balaban J connectivity index is 1.40. The van der Waals surface area contributed by atoms with Gasteiger partial charge in [0, 0.05) is 26.2 Å². The molecule has 9 nitrogen and oxygen atoms in total. The maximum absolute atomic E-state index is 12.4. The normalized spacial score (nSPS) is 14.9. The first-order valence-corrected chi connectivity index (χ1v) is 10.5. The highest BCUT2D eigenvalue weighted by molar-refractivity contribution is 5.84. The largest absolute Gasteiger partial charge is 0.474 e. The average Bonchev–Trinajstić information content (AvgIpc) is 2.86. The van der Waals surface area contributed by atoms with Gasteiger partial charge in [0.1, 0.15) is 19.3 Å². The van der Waals surface area contributed by atoms with E-state index >= 15 is 0 Å². The number of anilines is 1. The lowest BCUT2D eigenvalue weighted by atomic mass is 10.2. The number of hydrogen-bond donors (Lipinski definition) is 2. The molecule has 1 aromatic heterocycles. The Morgan fingerprint density at radius 1 is 1.00 bits per heavy atom. The molecule has 0 radical (unpaired) electrons. The highest BCUT2D eigenvalue weighted by Gasteiger charge is 2.24. The molecule has 1 saturated heterocycles. The third-order valence-electron chi connectivity index (χ3n) is 5.21. The monoisotopic (exact) mass is 438 g/mol. The van der Waals surface area contributed by atoms with Crippen molar-refractivity contribution in [3.63, 3.8) is 0 Å². The number of aliphatic hydroxyl groups excluding tert-OH is 2. The quantitative estimate of drug-likeness (QED) is 0.575. The summed E-state index contributed by atoms with van der Waals surface area (Å²) < 4.78 is 11.1. The number of carbonyl (C=O) groups is 1. The van der Waals surface area contributed by atoms with Crippen molar-refractivity contribution in [2.24, 2.45) is 0 Å². The molecule has 2 N–H and O–H groups in total. The molecule has 3 aromatic rings. The van der Waals surface area contributed by atoms with Gasteiger partial charge in [-0.3, -0.25) is 0 Å². The van der Waals surface area contributed by atoms with Crippen molar-refractivity contribution < 1.29 is 24.5 Å². The molecule has 0 saturated carbocycles. The lowest BCUT2D eigenvalue weighted by Gasteiger charge is -2.34. The van der Waals surface area contributed by atoms with Crippen LogP contribution in [-0.4, -0.2) is 76.7 Å². The number of amides is 1. The highest BCUT2D eigenvalue weighted by atomic mass is 16.6. The number of hydrogen-bond acceptors (Lipinski definition) is 8. The summed E-state index contributed by atoms with van der Waals surface area (Å²) in [6, 6.07) is 17.0. The first kappa shape index (κ1) is 21.8. The molecule has 1 amide bonds. The molecule has 168 valence electrons. The number of carbonyl (C=O) groups excluding carboxylic acids is 1. The van der Waals surface area contributed by atoms with E-state index in [2.05, 4.69) is 9.97 Å². The molecule has 9 heteroatoms. The van der Waals surface area contributed by atoms with Gasteiger partial charge < -0.3 is 29.5 Å². The van der Waals surface area contributed by atoms with Crippen LogP contribution >= 0.6 is 0 Å². The maximum Gasteiger partial charge on any atom is 0.410 e. The van der Waals surface area contributed by atoms with Crippen molar-refractivity contribution in [3.05, 3.63) is 60.2 Å². The maximum atomic E-state index is 12.4. The number of benzene rings is 2. The molecule has 1 aliphatic heterocycles. The number of aliphatic hydroxyl groups is 2. The zero-order chi connectivity index (χ0) is 22.3. The van der Waals surface area contributed by atoms with E-state index in [1.165, 1.54) is 0 Å². The first-order chi connectivity index (χ1) is 15.6. The van der Waals surface area contributed by atoms with Crippen molar-refractivity contribution >= 4 is 22.9 Å². The first-order valence-electron chi connectivity index (χ1n) is 10.5. The van der Waals surface area contributed by atoms with Gasteiger partial charge in [-0.25, -0.2) is 9.78 Å². The number of ether oxygens (including phenoxy) is 2. The number of aromatic nitrogens is 2. The van der Waals surface area contributed by atoms with Crippen LogP contribution in [0.25, 0.3) is 10.9 Å². The molecule has 2 heterocycles. The van der Waals surface area contributed by atoms with Crippen molar-refractivity contribution in [2.45, 2.75) is 12.7 Å². The van der Waals surface area contributed by atoms with E-state index in [0.717, 1.165) is 16.5 Å². The van der Waals surface area contributed by atoms with Crippen LogP contribution in [0.15, 0.2) is 54.6 Å². The topological polar surface area (TPSA) is 108 Å². The summed E-state index contributed by atoms with van der Waals surface area (Å²) in [5.41, 5.74) is 1.67. The van der Waals surface area contributed by atoms with E-state index in [1.807, 2.05) is 59.5 Å². The number of fused-ring (bicyclic) bond motifs is 1. The van der Waals surface area contributed by atoms with Crippen LogP contribution in [0, 0.1) is 0 Å². The molecule has 0 unspecified atom stereocenters. The van der Waals surface area contributed by atoms with Crippen LogP contribution in [0.1, 0.15) is 5.56 Å². The summed E-state index contributed by atoms with van der Waals surface area (Å²) in [6.45, 7) is 1.87. The zero-order valence-corrected chi connectivity index (χ0v) is 17.6. The minimum Gasteiger partial charge on any atom is -0.474 e. The lowest BCUT2D eigenvalue weighted by Crippen LogP contribution is -2.49. The van der Waals surface area contributed by atoms with Gasteiger partial charge in [-0.1, -0.05) is 42.5 Å². The van der Waals surface area contributed by atoms with E-state index in [9.17, 15) is 9.90 Å². The predicted octanol–water partition coefficient (Wildman–Crippen LogP) is 1.82. The average molecular weight is 438 g/mol. The Hall–Kier alpha value is -3.43. The number of nitrogens with zero attached hydrogens (tertiary/aromatic N) is 4. The summed E-state index contributed by atoms with van der Waals surface area (Å²) in [5.74, 6) is 0.845. The van der Waals surface area contributed by atoms with Gasteiger partial charge in [-0.2, -0.15) is 4.98 Å². The van der Waals surface area contributed by atoms with Gasteiger partial charge in [0.25, 0.3) is 0 Å². The van der Waals surface area contributed by atoms with E-state index in [4.69, 9.17) is 14.6 Å². The van der Waals surface area contributed by atoms with Crippen LogP contribution in [0.3, 0.4) is 0 Å². The second-order valence-electron chi connectivity index (χ2n) is 7.51. The molecule has 0 bridgehead atoms. The molecular weight excluding hydrogens is 412 g/mol. The number of piperazine rings is 1. The Kier molecular flexibility index (Phi) is 6.98. The third kappa shape index (κ3) is 5.24. The van der Waals surface area contributed by atoms with E-state index < -0.39 is 12.7 Å². The van der Waals surface area contributed by atoms with Crippen molar-refractivity contribution in [1.29, 1.82) is 0 Å². The van der Waals surface area contributed by atoms with Crippen molar-refractivity contribution in [1.82, 2.24) is 14.9 Å². The van der Waals surface area contributed by atoms with Crippen molar-refractivity contribution in [3.8, 4) is 5.88 Å². The van der Waals surface area contributed by atoms with Crippen LogP contribution in [0.5, 0.6) is 5.88 Å². The Bertz CT molecular complexity index is 1040. The summed E-state index contributed by atoms with van der Waals surface area (Å²) in [4.78, 5) is 25.3. The molecule has 1 fully saturated rings. The molecule has 4 rings (SSSR count). The second-order valence-corrected chi connectivity index (χ2v) is 7.51. The number of para-hydroxylation sites is 1. The van der Waals surface area contributed by atoms with Crippen LogP contribution in [0.4, 0.5) is 10.7 Å². The standard InChI is InChI=1S/C23H26N4O5/c28-14-18(29)16-31-21-19-8-4-5-9-20(19)24-22(25-21)26-10-12-27(13-11-26)23(30)32-15-17-6-2-1-3-7-17/h1-9,18,28-29H,10-16H2/t18-/m1/s1. The highest BCUT2D eigenvalue weighted by Crippen LogP contribution is 2.26. The number of rotatable bonds is 7. The molecule has 1 atom stereocenters. The van der Waals surface area contributed by atoms with Gasteiger partial charge in [-0.15, -0.1) is 0 Å². The minimum absolute atomic E-state index is 0.0714. The van der Waals surface area contributed by atoms with Gasteiger partial charge in [0.15, 0.2) is 0 Å². The Morgan fingerprint density at radius 3 is 2.47 bits per heavy atom. The van der Waals surface area contributed by atoms with Gasteiger partial charge in [0.05, 0.1) is 17.5 Å². The van der Waals surface area contributed by atoms with Crippen LogP contribution < -0.4 is 9.64 Å². The molecule has 0 aliphatic carbocycles. The summed E-state index contributed by atoms with van der Waals surface area (Å²) in [5, 5.41) is 19.4. The molecule has 2 aromatic carbocycles. The van der Waals surface area contributed by atoms with E-state index in [0.29, 0.717) is 38.0 Å². The second kappa shape index (κ2) is 10.3. The zero-order valence-electron chi connectivity index (χ0n) is 17.6. The third-order valence-corrected chi connectivity index (χ3v) is 5.21. The lowest BCUT2D eigenvalue weighted by molar-refractivity contribution is 0.0526. The van der Waals surface area contributed by atoms with E-state index in [-0.39, 0.29) is 19.3 Å². The van der Waals surface area contributed by atoms with Crippen molar-refractivity contribution in [2.75, 3.05) is 44.3 Å². The van der Waals surface area contributed by atoms with Gasteiger partial charge in [-0.05, 0) is 17.7 Å². The fourth-order valence-electron chi connectivity index (χ4n) is 3.41. The fraction of sp³-hybridized carbons (Fsp3) is 0.348. The summed E-state index contributed by atoms with van der Waals surface area (Å²) in [6.07, 6.45) is -1.33. The minimum atomic E-state index is -0.988. The molecular formula is C23H26N4O5. The SMILES string of the molecule is O=C(OCc1ccccc1)N1CCN(c2nc(OC[C@H](O)CO)c3ccccc3n2)CC1. The smallest absolute Gasteiger partial charge is 0.410 e. The van der Waals surface area contributed by atoms with Crippen LogP contribution in [-0.2, 0) is 11.3 Å².